The van der Waals surface area contributed by atoms with Gasteiger partial charge in [0.05, 0.1) is 12.0 Å². The summed E-state index contributed by atoms with van der Waals surface area (Å²) in [5.74, 6) is 0.495. The number of anilines is 1. The molecule has 0 unspecified atom stereocenters. The normalized spacial score (nSPS) is 13.8. The number of thioether (sulfide) groups is 1. The highest BCUT2D eigenvalue weighted by Crippen LogP contribution is 2.34. The van der Waals surface area contributed by atoms with Gasteiger partial charge in [0.2, 0.25) is 5.91 Å². The SMILES string of the molecule is Cn1cnc2c1c(=O)n(CC(=O)N1CCSc3ccccc31)c(=O)n2C. The summed E-state index contributed by atoms with van der Waals surface area (Å²) in [4.78, 5) is 45.0. The van der Waals surface area contributed by atoms with Gasteiger partial charge in [-0.15, -0.1) is 11.8 Å². The minimum Gasteiger partial charge on any atom is -0.328 e. The Labute approximate surface area is 152 Å². The minimum atomic E-state index is -0.547. The summed E-state index contributed by atoms with van der Waals surface area (Å²) in [6, 6.07) is 7.64. The highest BCUT2D eigenvalue weighted by Gasteiger charge is 2.25. The Kier molecular flexibility index (Phi) is 3.95. The van der Waals surface area contributed by atoms with E-state index in [-0.39, 0.29) is 12.5 Å². The van der Waals surface area contributed by atoms with Crippen LogP contribution in [0.5, 0.6) is 0 Å². The summed E-state index contributed by atoms with van der Waals surface area (Å²) in [5, 5.41) is 0. The van der Waals surface area contributed by atoms with E-state index in [1.54, 1.807) is 35.3 Å². The molecule has 0 saturated heterocycles. The van der Waals surface area contributed by atoms with Crippen molar-refractivity contribution in [1.29, 1.82) is 0 Å². The average molecular weight is 371 g/mol. The second-order valence-corrected chi connectivity index (χ2v) is 7.26. The second-order valence-electron chi connectivity index (χ2n) is 6.12. The van der Waals surface area contributed by atoms with Gasteiger partial charge in [0, 0.05) is 31.3 Å². The summed E-state index contributed by atoms with van der Waals surface area (Å²) in [6.07, 6.45) is 1.48. The fraction of sp³-hybridized carbons (Fsp3) is 0.294. The smallest absolute Gasteiger partial charge is 0.328 e. The lowest BCUT2D eigenvalue weighted by Crippen LogP contribution is -2.45. The summed E-state index contributed by atoms with van der Waals surface area (Å²) in [5.41, 5.74) is 0.381. The Morgan fingerprint density at radius 2 is 2.00 bits per heavy atom. The molecule has 4 rings (SSSR count). The number of carbonyl (C=O) groups excluding carboxylic acids is 1. The van der Waals surface area contributed by atoms with Gasteiger partial charge in [0.1, 0.15) is 6.54 Å². The Hall–Kier alpha value is -2.81. The van der Waals surface area contributed by atoms with Crippen LogP contribution in [-0.4, -0.2) is 36.9 Å². The van der Waals surface area contributed by atoms with E-state index in [9.17, 15) is 14.4 Å². The van der Waals surface area contributed by atoms with Crippen molar-refractivity contribution in [2.24, 2.45) is 14.1 Å². The molecule has 0 saturated carbocycles. The predicted octanol–water partition coefficient (Wildman–Crippen LogP) is 0.573. The molecule has 2 aromatic heterocycles. The summed E-state index contributed by atoms with van der Waals surface area (Å²) in [6.45, 7) is 0.245. The van der Waals surface area contributed by atoms with Crippen molar-refractivity contribution in [3.05, 3.63) is 51.4 Å². The van der Waals surface area contributed by atoms with Crippen LogP contribution >= 0.6 is 11.8 Å². The zero-order valence-corrected chi connectivity index (χ0v) is 15.2. The number of benzene rings is 1. The van der Waals surface area contributed by atoms with Crippen LogP contribution in [0.2, 0.25) is 0 Å². The monoisotopic (exact) mass is 371 g/mol. The number of aryl methyl sites for hydroxylation is 2. The second kappa shape index (κ2) is 6.17. The van der Waals surface area contributed by atoms with E-state index in [0.29, 0.717) is 17.7 Å². The maximum atomic E-state index is 12.9. The van der Waals surface area contributed by atoms with E-state index < -0.39 is 11.2 Å². The van der Waals surface area contributed by atoms with Crippen LogP contribution in [0, 0.1) is 0 Å². The zero-order valence-electron chi connectivity index (χ0n) is 14.4. The van der Waals surface area contributed by atoms with E-state index in [0.717, 1.165) is 20.9 Å². The van der Waals surface area contributed by atoms with Gasteiger partial charge in [0.15, 0.2) is 11.2 Å². The molecule has 9 heteroatoms. The number of amides is 1. The Bertz CT molecular complexity index is 1140. The zero-order chi connectivity index (χ0) is 18.4. The van der Waals surface area contributed by atoms with Gasteiger partial charge in [-0.25, -0.2) is 14.3 Å². The van der Waals surface area contributed by atoms with Crippen molar-refractivity contribution >= 4 is 34.5 Å². The van der Waals surface area contributed by atoms with Crippen molar-refractivity contribution in [2.45, 2.75) is 11.4 Å². The largest absolute Gasteiger partial charge is 0.332 e. The molecule has 0 atom stereocenters. The highest BCUT2D eigenvalue weighted by atomic mass is 32.2. The first kappa shape index (κ1) is 16.6. The molecule has 0 bridgehead atoms. The number of fused-ring (bicyclic) bond motifs is 2. The third kappa shape index (κ3) is 2.47. The lowest BCUT2D eigenvalue weighted by molar-refractivity contribution is -0.119. The van der Waals surface area contributed by atoms with Crippen LogP contribution in [-0.2, 0) is 25.4 Å². The van der Waals surface area contributed by atoms with E-state index in [2.05, 4.69) is 4.98 Å². The summed E-state index contributed by atoms with van der Waals surface area (Å²) >= 11 is 1.69. The average Bonchev–Trinajstić information content (AvgIpc) is 3.04. The number of carbonyl (C=O) groups is 1. The van der Waals surface area contributed by atoms with Crippen LogP contribution < -0.4 is 16.1 Å². The first-order valence-corrected chi connectivity index (χ1v) is 9.10. The van der Waals surface area contributed by atoms with Crippen LogP contribution in [0.25, 0.3) is 11.2 Å². The molecule has 1 amide bonds. The van der Waals surface area contributed by atoms with Gasteiger partial charge in [0.25, 0.3) is 5.56 Å². The number of nitrogens with zero attached hydrogens (tertiary/aromatic N) is 5. The van der Waals surface area contributed by atoms with Crippen molar-refractivity contribution in [3.8, 4) is 0 Å². The van der Waals surface area contributed by atoms with Crippen LogP contribution in [0.15, 0.2) is 45.1 Å². The molecule has 1 aromatic carbocycles. The van der Waals surface area contributed by atoms with Gasteiger partial charge in [-0.3, -0.25) is 14.2 Å². The predicted molar refractivity (Wildman–Crippen MR) is 99.7 cm³/mol. The Morgan fingerprint density at radius 3 is 2.81 bits per heavy atom. The van der Waals surface area contributed by atoms with Gasteiger partial charge in [-0.1, -0.05) is 12.1 Å². The van der Waals surface area contributed by atoms with Crippen LogP contribution in [0.4, 0.5) is 5.69 Å². The summed E-state index contributed by atoms with van der Waals surface area (Å²) in [7, 11) is 3.23. The lowest BCUT2D eigenvalue weighted by atomic mass is 10.2. The molecule has 0 N–H and O–H groups in total. The number of rotatable bonds is 2. The first-order chi connectivity index (χ1) is 12.5. The van der Waals surface area contributed by atoms with Crippen molar-refractivity contribution < 1.29 is 4.79 Å². The lowest BCUT2D eigenvalue weighted by Gasteiger charge is -2.29. The Morgan fingerprint density at radius 1 is 1.23 bits per heavy atom. The molecule has 0 aliphatic carbocycles. The topological polar surface area (TPSA) is 82.1 Å². The molecule has 26 heavy (non-hydrogen) atoms. The first-order valence-electron chi connectivity index (χ1n) is 8.12. The molecule has 0 radical (unpaired) electrons. The molecular formula is C17H17N5O3S. The molecule has 0 fully saturated rings. The number of aromatic nitrogens is 4. The quantitative estimate of drug-likeness (QED) is 0.658. The fourth-order valence-corrected chi connectivity index (χ4v) is 4.18. The van der Waals surface area contributed by atoms with Crippen molar-refractivity contribution in [3.63, 3.8) is 0 Å². The summed E-state index contributed by atoms with van der Waals surface area (Å²) < 4.78 is 3.84. The van der Waals surface area contributed by atoms with E-state index in [4.69, 9.17) is 0 Å². The number of imidazole rings is 1. The van der Waals surface area contributed by atoms with E-state index in [1.165, 1.54) is 10.9 Å². The standard InChI is InChI=1S/C17H17N5O3S/c1-19-10-18-15-14(19)16(24)22(17(25)20(15)2)9-13(23)21-7-8-26-12-6-4-3-5-11(12)21/h3-6,10H,7-9H2,1-2H3. The van der Waals surface area contributed by atoms with E-state index >= 15 is 0 Å². The number of hydrogen-bond acceptors (Lipinski definition) is 5. The van der Waals surface area contributed by atoms with E-state index in [1.807, 2.05) is 24.3 Å². The fourth-order valence-electron chi connectivity index (χ4n) is 3.18. The van der Waals surface area contributed by atoms with Crippen LogP contribution in [0.3, 0.4) is 0 Å². The molecule has 3 aromatic rings. The number of hydrogen-bond donors (Lipinski definition) is 0. The molecule has 8 nitrogen and oxygen atoms in total. The van der Waals surface area contributed by atoms with Crippen molar-refractivity contribution in [2.75, 3.05) is 17.2 Å². The molecule has 0 spiro atoms. The van der Waals surface area contributed by atoms with Gasteiger partial charge in [-0.05, 0) is 12.1 Å². The maximum absolute atomic E-state index is 12.9. The molecule has 1 aliphatic heterocycles. The molecule has 134 valence electrons. The third-order valence-electron chi connectivity index (χ3n) is 4.52. The van der Waals surface area contributed by atoms with Gasteiger partial charge >= 0.3 is 5.69 Å². The Balaban J connectivity index is 1.77. The van der Waals surface area contributed by atoms with Crippen LogP contribution in [0.1, 0.15) is 0 Å². The van der Waals surface area contributed by atoms with Gasteiger partial charge < -0.3 is 9.47 Å². The molecule has 1 aliphatic rings. The van der Waals surface area contributed by atoms with Crippen molar-refractivity contribution in [1.82, 2.24) is 18.7 Å². The highest BCUT2D eigenvalue weighted by molar-refractivity contribution is 7.99. The molecular weight excluding hydrogens is 354 g/mol. The number of para-hydroxylation sites is 1. The third-order valence-corrected chi connectivity index (χ3v) is 5.57. The molecule has 3 heterocycles. The maximum Gasteiger partial charge on any atom is 0.332 e. The minimum absolute atomic E-state index is 0.279. The van der Waals surface area contributed by atoms with Gasteiger partial charge in [-0.2, -0.15) is 0 Å².